The molecule has 0 radical (unpaired) electrons. The zero-order chi connectivity index (χ0) is 13.4. The van der Waals surface area contributed by atoms with Crippen LogP contribution in [-0.4, -0.2) is 22.5 Å². The molecular weight excluding hydrogens is 264 g/mol. The van der Waals surface area contributed by atoms with Gasteiger partial charge >= 0.3 is 0 Å². The number of hydrogen-bond acceptors (Lipinski definition) is 5. The SMILES string of the molecule is Cc1cccc2sc(NC(=O)C3=NNC(=O)C3)nc12. The Bertz CT molecular complexity index is 720. The van der Waals surface area contributed by atoms with E-state index in [4.69, 9.17) is 0 Å². The van der Waals surface area contributed by atoms with E-state index in [1.165, 1.54) is 11.3 Å². The largest absolute Gasteiger partial charge is 0.297 e. The van der Waals surface area contributed by atoms with E-state index in [2.05, 4.69) is 20.8 Å². The smallest absolute Gasteiger partial charge is 0.274 e. The zero-order valence-corrected chi connectivity index (χ0v) is 10.9. The lowest BCUT2D eigenvalue weighted by Gasteiger charge is -1.97. The van der Waals surface area contributed by atoms with Crippen molar-refractivity contribution in [2.24, 2.45) is 5.10 Å². The Balaban J connectivity index is 1.84. The number of rotatable bonds is 2. The molecule has 0 atom stereocenters. The summed E-state index contributed by atoms with van der Waals surface area (Å²) in [6.07, 6.45) is 0.00968. The van der Waals surface area contributed by atoms with Gasteiger partial charge in [-0.1, -0.05) is 23.5 Å². The van der Waals surface area contributed by atoms with Gasteiger partial charge in [0.2, 0.25) is 5.91 Å². The average molecular weight is 274 g/mol. The molecule has 3 rings (SSSR count). The Hall–Kier alpha value is -2.28. The molecule has 1 aliphatic rings. The van der Waals surface area contributed by atoms with Crippen LogP contribution in [0.2, 0.25) is 0 Å². The van der Waals surface area contributed by atoms with Gasteiger partial charge in [0, 0.05) is 0 Å². The molecular formula is C12H10N4O2S. The van der Waals surface area contributed by atoms with Gasteiger partial charge in [-0.15, -0.1) is 0 Å². The number of fused-ring (bicyclic) bond motifs is 1. The summed E-state index contributed by atoms with van der Waals surface area (Å²) in [6.45, 7) is 1.97. The van der Waals surface area contributed by atoms with Gasteiger partial charge in [0.25, 0.3) is 5.91 Å². The lowest BCUT2D eigenvalue weighted by Crippen LogP contribution is -2.21. The van der Waals surface area contributed by atoms with E-state index in [9.17, 15) is 9.59 Å². The molecule has 0 bridgehead atoms. The summed E-state index contributed by atoms with van der Waals surface area (Å²) < 4.78 is 1.01. The highest BCUT2D eigenvalue weighted by Crippen LogP contribution is 2.27. The second kappa shape index (κ2) is 4.43. The number of nitrogens with one attached hydrogen (secondary N) is 2. The van der Waals surface area contributed by atoms with E-state index in [0.717, 1.165) is 15.8 Å². The number of hydrogen-bond donors (Lipinski definition) is 2. The van der Waals surface area contributed by atoms with Crippen LogP contribution in [-0.2, 0) is 9.59 Å². The lowest BCUT2D eigenvalue weighted by molar-refractivity contribution is -0.119. The number of hydrazone groups is 1. The Morgan fingerprint density at radius 1 is 1.47 bits per heavy atom. The minimum absolute atomic E-state index is 0.00968. The summed E-state index contributed by atoms with van der Waals surface area (Å²) in [6, 6.07) is 5.87. The summed E-state index contributed by atoms with van der Waals surface area (Å²) >= 11 is 1.40. The lowest BCUT2D eigenvalue weighted by atomic mass is 10.2. The number of aromatic nitrogens is 1. The third kappa shape index (κ3) is 2.19. The van der Waals surface area contributed by atoms with Crippen LogP contribution in [0.3, 0.4) is 0 Å². The Labute approximate surface area is 112 Å². The third-order valence-electron chi connectivity index (χ3n) is 2.75. The molecule has 0 saturated heterocycles. The van der Waals surface area contributed by atoms with Gasteiger partial charge in [0.15, 0.2) is 5.13 Å². The van der Waals surface area contributed by atoms with Gasteiger partial charge in [-0.25, -0.2) is 10.4 Å². The van der Waals surface area contributed by atoms with E-state index in [1.807, 2.05) is 25.1 Å². The number of benzene rings is 1. The van der Waals surface area contributed by atoms with Crippen LogP contribution in [0.15, 0.2) is 23.3 Å². The number of thiazole rings is 1. The van der Waals surface area contributed by atoms with Crippen LogP contribution in [0.25, 0.3) is 10.2 Å². The zero-order valence-electron chi connectivity index (χ0n) is 10.1. The molecule has 2 N–H and O–H groups in total. The van der Waals surface area contributed by atoms with E-state index >= 15 is 0 Å². The first-order chi connectivity index (χ1) is 9.13. The minimum Gasteiger partial charge on any atom is -0.297 e. The average Bonchev–Trinajstić information content (AvgIpc) is 2.96. The number of para-hydroxylation sites is 1. The third-order valence-corrected chi connectivity index (χ3v) is 3.68. The monoisotopic (exact) mass is 274 g/mol. The van der Waals surface area contributed by atoms with Crippen molar-refractivity contribution in [1.82, 2.24) is 10.4 Å². The molecule has 1 aliphatic heterocycles. The van der Waals surface area contributed by atoms with E-state index in [1.54, 1.807) is 0 Å². The number of aryl methyl sites for hydroxylation is 1. The fourth-order valence-electron chi connectivity index (χ4n) is 1.80. The summed E-state index contributed by atoms with van der Waals surface area (Å²) in [5, 5.41) is 6.84. The molecule has 1 aromatic heterocycles. The molecule has 0 aliphatic carbocycles. The van der Waals surface area contributed by atoms with Gasteiger partial charge in [-0.05, 0) is 18.6 Å². The van der Waals surface area contributed by atoms with Crippen LogP contribution in [0.5, 0.6) is 0 Å². The molecule has 7 heteroatoms. The number of carbonyl (C=O) groups excluding carboxylic acids is 2. The molecule has 2 amide bonds. The Morgan fingerprint density at radius 3 is 3.00 bits per heavy atom. The van der Waals surface area contributed by atoms with Crippen molar-refractivity contribution in [2.75, 3.05) is 5.32 Å². The van der Waals surface area contributed by atoms with E-state index in [-0.39, 0.29) is 18.0 Å². The molecule has 96 valence electrons. The highest BCUT2D eigenvalue weighted by Gasteiger charge is 2.22. The summed E-state index contributed by atoms with van der Waals surface area (Å²) in [7, 11) is 0. The van der Waals surface area contributed by atoms with Crippen molar-refractivity contribution in [3.63, 3.8) is 0 Å². The van der Waals surface area contributed by atoms with E-state index < -0.39 is 5.91 Å². The van der Waals surface area contributed by atoms with Crippen molar-refractivity contribution in [1.29, 1.82) is 0 Å². The maximum absolute atomic E-state index is 11.9. The van der Waals surface area contributed by atoms with Crippen molar-refractivity contribution in [2.45, 2.75) is 13.3 Å². The van der Waals surface area contributed by atoms with Gasteiger partial charge in [-0.3, -0.25) is 14.9 Å². The minimum atomic E-state index is -0.393. The molecule has 2 aromatic rings. The predicted molar refractivity (Wildman–Crippen MR) is 73.2 cm³/mol. The van der Waals surface area contributed by atoms with Crippen LogP contribution < -0.4 is 10.7 Å². The van der Waals surface area contributed by atoms with Crippen molar-refractivity contribution in [3.8, 4) is 0 Å². The molecule has 2 heterocycles. The molecule has 0 unspecified atom stereocenters. The molecule has 0 spiro atoms. The first-order valence-electron chi connectivity index (χ1n) is 5.66. The van der Waals surface area contributed by atoms with Crippen LogP contribution in [0.1, 0.15) is 12.0 Å². The molecule has 1 aromatic carbocycles. The molecule has 0 saturated carbocycles. The van der Waals surface area contributed by atoms with Crippen LogP contribution in [0, 0.1) is 6.92 Å². The van der Waals surface area contributed by atoms with Gasteiger partial charge < -0.3 is 0 Å². The van der Waals surface area contributed by atoms with Crippen molar-refractivity contribution < 1.29 is 9.59 Å². The van der Waals surface area contributed by atoms with Gasteiger partial charge in [0.05, 0.1) is 16.6 Å². The highest BCUT2D eigenvalue weighted by molar-refractivity contribution is 7.22. The number of anilines is 1. The van der Waals surface area contributed by atoms with Crippen molar-refractivity contribution >= 4 is 44.2 Å². The fourth-order valence-corrected chi connectivity index (χ4v) is 2.74. The standard InChI is InChI=1S/C12H10N4O2S/c1-6-3-2-4-8-10(6)13-12(19-8)14-11(18)7-5-9(17)16-15-7/h2-4H,5H2,1H3,(H,16,17)(H,13,14,18). The highest BCUT2D eigenvalue weighted by atomic mass is 32.1. The molecule has 19 heavy (non-hydrogen) atoms. The normalized spacial score (nSPS) is 14.4. The van der Waals surface area contributed by atoms with Crippen molar-refractivity contribution in [3.05, 3.63) is 23.8 Å². The number of carbonyl (C=O) groups is 2. The second-order valence-electron chi connectivity index (χ2n) is 4.17. The number of nitrogens with zero attached hydrogens (tertiary/aromatic N) is 2. The summed E-state index contributed by atoms with van der Waals surface area (Å²) in [5.41, 5.74) is 4.36. The summed E-state index contributed by atoms with van der Waals surface area (Å²) in [4.78, 5) is 27.2. The maximum Gasteiger partial charge on any atom is 0.274 e. The molecule has 0 fully saturated rings. The first-order valence-corrected chi connectivity index (χ1v) is 6.48. The Morgan fingerprint density at radius 2 is 2.32 bits per heavy atom. The summed E-state index contributed by atoms with van der Waals surface area (Å²) in [5.74, 6) is -0.666. The number of amides is 2. The van der Waals surface area contributed by atoms with Gasteiger partial charge in [-0.2, -0.15) is 5.10 Å². The predicted octanol–water partition coefficient (Wildman–Crippen LogP) is 1.42. The molecule has 6 nitrogen and oxygen atoms in total. The van der Waals surface area contributed by atoms with Gasteiger partial charge in [0.1, 0.15) is 5.71 Å². The maximum atomic E-state index is 11.9. The Kier molecular flexibility index (Phi) is 2.75. The van der Waals surface area contributed by atoms with Crippen LogP contribution in [0.4, 0.5) is 5.13 Å². The van der Waals surface area contributed by atoms with Crippen LogP contribution >= 0.6 is 11.3 Å². The van der Waals surface area contributed by atoms with E-state index in [0.29, 0.717) is 5.13 Å². The fraction of sp³-hybridized carbons (Fsp3) is 0.167. The quantitative estimate of drug-likeness (QED) is 0.868. The first kappa shape index (κ1) is 11.8. The topological polar surface area (TPSA) is 83.5 Å². The second-order valence-corrected chi connectivity index (χ2v) is 5.20.